The number of piperazine rings is 1. The molecule has 0 aromatic heterocycles. The molecule has 0 spiro atoms. The number of piperidine rings is 1. The SMILES string of the molecule is CC1CN(C(=O)C2(c3ccccc3)CCN(C(CC=O)(c3ccccc3)c3ccccc3)CC2)CC(C)N1. The van der Waals surface area contributed by atoms with Crippen LogP contribution in [0.15, 0.2) is 91.0 Å². The molecule has 2 aliphatic rings. The largest absolute Gasteiger partial charge is 0.339 e. The molecule has 0 bridgehead atoms. The molecule has 2 aliphatic heterocycles. The molecule has 1 N–H and O–H groups in total. The fraction of sp³-hybridized carbons (Fsp3) is 0.394. The van der Waals surface area contributed by atoms with Gasteiger partial charge in [-0.15, -0.1) is 0 Å². The highest BCUT2D eigenvalue weighted by Crippen LogP contribution is 2.45. The zero-order valence-electron chi connectivity index (χ0n) is 22.6. The molecular weight excluding hydrogens is 470 g/mol. The van der Waals surface area contributed by atoms with E-state index in [2.05, 4.69) is 65.4 Å². The van der Waals surface area contributed by atoms with Gasteiger partial charge in [0.2, 0.25) is 5.91 Å². The summed E-state index contributed by atoms with van der Waals surface area (Å²) in [5.74, 6) is 0.240. The molecule has 2 fully saturated rings. The molecule has 5 rings (SSSR count). The van der Waals surface area contributed by atoms with E-state index in [4.69, 9.17) is 0 Å². The zero-order chi connectivity index (χ0) is 26.6. The van der Waals surface area contributed by atoms with Gasteiger partial charge in [0.1, 0.15) is 6.29 Å². The van der Waals surface area contributed by atoms with Gasteiger partial charge in [0.05, 0.1) is 11.0 Å². The number of likely N-dealkylation sites (tertiary alicyclic amines) is 1. The summed E-state index contributed by atoms with van der Waals surface area (Å²) in [4.78, 5) is 31.2. The van der Waals surface area contributed by atoms with Crippen LogP contribution in [0.25, 0.3) is 0 Å². The van der Waals surface area contributed by atoms with Crippen molar-refractivity contribution in [3.05, 3.63) is 108 Å². The lowest BCUT2D eigenvalue weighted by atomic mass is 9.69. The number of benzene rings is 3. The van der Waals surface area contributed by atoms with E-state index in [-0.39, 0.29) is 18.0 Å². The smallest absolute Gasteiger partial charge is 0.233 e. The minimum Gasteiger partial charge on any atom is -0.339 e. The number of aldehydes is 1. The molecule has 2 saturated heterocycles. The van der Waals surface area contributed by atoms with Gasteiger partial charge >= 0.3 is 0 Å². The van der Waals surface area contributed by atoms with Crippen LogP contribution in [0, 0.1) is 0 Å². The average Bonchev–Trinajstić information content (AvgIpc) is 2.96. The predicted octanol–water partition coefficient (Wildman–Crippen LogP) is 4.76. The summed E-state index contributed by atoms with van der Waals surface area (Å²) in [6, 6.07) is 31.6. The molecule has 0 aliphatic carbocycles. The summed E-state index contributed by atoms with van der Waals surface area (Å²) in [5.41, 5.74) is 2.18. The monoisotopic (exact) mass is 509 g/mol. The van der Waals surface area contributed by atoms with Gasteiger partial charge in [-0.2, -0.15) is 0 Å². The van der Waals surface area contributed by atoms with Gasteiger partial charge in [-0.1, -0.05) is 91.0 Å². The molecule has 1 amide bonds. The van der Waals surface area contributed by atoms with Crippen molar-refractivity contribution in [2.75, 3.05) is 26.2 Å². The third-order valence-electron chi connectivity index (χ3n) is 8.62. The van der Waals surface area contributed by atoms with Gasteiger partial charge in [-0.25, -0.2) is 0 Å². The topological polar surface area (TPSA) is 52.7 Å². The molecule has 3 aromatic rings. The quantitative estimate of drug-likeness (QED) is 0.467. The first-order chi connectivity index (χ1) is 18.5. The van der Waals surface area contributed by atoms with Crippen molar-refractivity contribution in [3.8, 4) is 0 Å². The van der Waals surface area contributed by atoms with Crippen molar-refractivity contribution in [2.24, 2.45) is 0 Å². The molecule has 0 radical (unpaired) electrons. The third-order valence-corrected chi connectivity index (χ3v) is 8.62. The molecule has 0 saturated carbocycles. The molecule has 2 unspecified atom stereocenters. The number of carbonyl (C=O) groups excluding carboxylic acids is 2. The van der Waals surface area contributed by atoms with E-state index in [1.807, 2.05) is 54.6 Å². The first-order valence-electron chi connectivity index (χ1n) is 13.9. The Morgan fingerprint density at radius 2 is 1.32 bits per heavy atom. The summed E-state index contributed by atoms with van der Waals surface area (Å²) < 4.78 is 0. The van der Waals surface area contributed by atoms with Gasteiger partial charge in [-0.05, 0) is 43.4 Å². The van der Waals surface area contributed by atoms with Crippen molar-refractivity contribution in [3.63, 3.8) is 0 Å². The summed E-state index contributed by atoms with van der Waals surface area (Å²) >= 11 is 0. The normalized spacial score (nSPS) is 22.1. The average molecular weight is 510 g/mol. The van der Waals surface area contributed by atoms with Crippen LogP contribution in [0.5, 0.6) is 0 Å². The minimum atomic E-state index is -0.575. The van der Waals surface area contributed by atoms with Crippen LogP contribution in [0.3, 0.4) is 0 Å². The number of rotatable bonds is 7. The van der Waals surface area contributed by atoms with Crippen molar-refractivity contribution < 1.29 is 9.59 Å². The number of nitrogens with one attached hydrogen (secondary N) is 1. The predicted molar refractivity (Wildman–Crippen MR) is 152 cm³/mol. The molecule has 38 heavy (non-hydrogen) atoms. The van der Waals surface area contributed by atoms with Gasteiger partial charge in [0.25, 0.3) is 0 Å². The van der Waals surface area contributed by atoms with Crippen molar-refractivity contribution in [1.82, 2.24) is 15.1 Å². The Bertz CT molecular complexity index is 1160. The zero-order valence-corrected chi connectivity index (χ0v) is 22.6. The molecular formula is C33H39N3O2. The number of hydrogen-bond donors (Lipinski definition) is 1. The summed E-state index contributed by atoms with van der Waals surface area (Å²) in [5, 5.41) is 3.56. The minimum absolute atomic E-state index is 0.240. The Kier molecular flexibility index (Phi) is 7.78. The first-order valence-corrected chi connectivity index (χ1v) is 13.9. The number of amides is 1. The van der Waals surface area contributed by atoms with Crippen molar-refractivity contribution in [2.45, 2.75) is 56.1 Å². The van der Waals surface area contributed by atoms with Crippen LogP contribution in [-0.4, -0.2) is 60.3 Å². The maximum atomic E-state index is 14.4. The Morgan fingerprint density at radius 1 is 0.842 bits per heavy atom. The second kappa shape index (κ2) is 11.2. The van der Waals surface area contributed by atoms with Crippen LogP contribution in [0.4, 0.5) is 0 Å². The van der Waals surface area contributed by atoms with E-state index >= 15 is 0 Å². The highest BCUT2D eigenvalue weighted by atomic mass is 16.2. The van der Waals surface area contributed by atoms with E-state index in [1.165, 1.54) is 0 Å². The molecule has 2 atom stereocenters. The second-order valence-corrected chi connectivity index (χ2v) is 11.1. The number of hydrogen-bond acceptors (Lipinski definition) is 4. The summed E-state index contributed by atoms with van der Waals surface area (Å²) in [6.45, 7) is 7.20. The van der Waals surface area contributed by atoms with Gasteiger partial charge in [0, 0.05) is 44.7 Å². The van der Waals surface area contributed by atoms with Gasteiger partial charge in [-0.3, -0.25) is 9.69 Å². The van der Waals surface area contributed by atoms with Crippen LogP contribution in [0.1, 0.15) is 49.8 Å². The van der Waals surface area contributed by atoms with Crippen LogP contribution < -0.4 is 5.32 Å². The fourth-order valence-electron chi connectivity index (χ4n) is 6.89. The van der Waals surface area contributed by atoms with Crippen molar-refractivity contribution >= 4 is 12.2 Å². The summed E-state index contributed by atoms with van der Waals surface area (Å²) in [7, 11) is 0. The second-order valence-electron chi connectivity index (χ2n) is 11.1. The Balaban J connectivity index is 1.53. The Morgan fingerprint density at radius 3 is 1.79 bits per heavy atom. The first kappa shape index (κ1) is 26.3. The third kappa shape index (κ3) is 4.81. The highest BCUT2D eigenvalue weighted by molar-refractivity contribution is 5.88. The fourth-order valence-corrected chi connectivity index (χ4v) is 6.89. The number of carbonyl (C=O) groups is 2. The molecule has 5 heteroatoms. The van der Waals surface area contributed by atoms with E-state index in [0.717, 1.165) is 49.2 Å². The number of nitrogens with zero attached hydrogens (tertiary/aromatic N) is 2. The maximum absolute atomic E-state index is 14.4. The van der Waals surface area contributed by atoms with Gasteiger partial charge < -0.3 is 15.0 Å². The van der Waals surface area contributed by atoms with Crippen LogP contribution in [0.2, 0.25) is 0 Å². The Labute approximate surface area is 226 Å². The Hall–Kier alpha value is -3.28. The van der Waals surface area contributed by atoms with E-state index in [0.29, 0.717) is 19.3 Å². The van der Waals surface area contributed by atoms with Crippen molar-refractivity contribution in [1.29, 1.82) is 0 Å². The lowest BCUT2D eigenvalue weighted by Crippen LogP contribution is -2.62. The lowest BCUT2D eigenvalue weighted by Gasteiger charge is -2.51. The summed E-state index contributed by atoms with van der Waals surface area (Å²) in [6.07, 6.45) is 2.83. The molecule has 3 aromatic carbocycles. The van der Waals surface area contributed by atoms with E-state index in [1.54, 1.807) is 0 Å². The highest BCUT2D eigenvalue weighted by Gasteiger charge is 2.50. The molecule has 198 valence electrons. The molecule has 2 heterocycles. The van der Waals surface area contributed by atoms with Crippen LogP contribution >= 0.6 is 0 Å². The van der Waals surface area contributed by atoms with Crippen LogP contribution in [-0.2, 0) is 20.5 Å². The van der Waals surface area contributed by atoms with Gasteiger partial charge in [0.15, 0.2) is 0 Å². The maximum Gasteiger partial charge on any atom is 0.233 e. The van der Waals surface area contributed by atoms with E-state index in [9.17, 15) is 9.59 Å². The van der Waals surface area contributed by atoms with E-state index < -0.39 is 11.0 Å². The lowest BCUT2D eigenvalue weighted by molar-refractivity contribution is -0.142. The molecule has 5 nitrogen and oxygen atoms in total. The standard InChI is InChI=1S/C33H39N3O2/c1-26-24-35(25-27(2)34-26)31(38)32(28-12-6-3-7-13-28)18-21-36(22-19-32)33(20-23-37,29-14-8-4-9-15-29)30-16-10-5-11-17-30/h3-17,23,26-27,34H,18-22,24-25H2,1-2H3.